The molecule has 1 unspecified atom stereocenters. The number of likely N-dealkylation sites (tertiary alicyclic amines) is 1. The van der Waals surface area contributed by atoms with E-state index in [-0.39, 0.29) is 0 Å². The maximum absolute atomic E-state index is 9.53. The Morgan fingerprint density at radius 3 is 2.79 bits per heavy atom. The van der Waals surface area contributed by atoms with Crippen molar-refractivity contribution in [3.8, 4) is 0 Å². The molecule has 6 heteroatoms. The lowest BCUT2D eigenvalue weighted by Crippen LogP contribution is -2.34. The molecule has 0 radical (unpaired) electrons. The second kappa shape index (κ2) is 8.14. The van der Waals surface area contributed by atoms with Crippen molar-refractivity contribution in [3.05, 3.63) is 41.7 Å². The number of aliphatic hydroxyl groups is 1. The van der Waals surface area contributed by atoms with Crippen molar-refractivity contribution in [1.82, 2.24) is 19.9 Å². The Kier molecular flexibility index (Phi) is 5.92. The molecule has 1 N–H and O–H groups in total. The van der Waals surface area contributed by atoms with E-state index < -0.39 is 6.10 Å². The summed E-state index contributed by atoms with van der Waals surface area (Å²) < 4.78 is 1.88. The highest BCUT2D eigenvalue weighted by molar-refractivity contribution is 7.98. The predicted molar refractivity (Wildman–Crippen MR) is 96.9 cm³/mol. The van der Waals surface area contributed by atoms with E-state index in [0.717, 1.165) is 26.2 Å². The third-order valence-electron chi connectivity index (χ3n) is 4.68. The summed E-state index contributed by atoms with van der Waals surface area (Å²) in [5.74, 6) is 0.641. The van der Waals surface area contributed by atoms with Gasteiger partial charge in [0.05, 0.1) is 12.3 Å². The molecule has 2 heterocycles. The zero-order valence-electron chi connectivity index (χ0n) is 14.4. The first-order valence-electron chi connectivity index (χ1n) is 8.57. The molecule has 1 aliphatic heterocycles. The minimum Gasteiger partial charge on any atom is -0.387 e. The van der Waals surface area contributed by atoms with Crippen LogP contribution in [0.5, 0.6) is 0 Å². The average Bonchev–Trinajstić information content (AvgIpc) is 3.06. The molecule has 0 amide bonds. The number of benzene rings is 1. The van der Waals surface area contributed by atoms with Gasteiger partial charge in [0.1, 0.15) is 5.69 Å². The van der Waals surface area contributed by atoms with Crippen LogP contribution in [0.2, 0.25) is 0 Å². The van der Waals surface area contributed by atoms with E-state index in [0.29, 0.717) is 11.6 Å². The van der Waals surface area contributed by atoms with Gasteiger partial charge in [0.15, 0.2) is 0 Å². The highest BCUT2D eigenvalue weighted by Crippen LogP contribution is 2.22. The fourth-order valence-corrected chi connectivity index (χ4v) is 3.70. The van der Waals surface area contributed by atoms with Crippen LogP contribution >= 0.6 is 11.8 Å². The van der Waals surface area contributed by atoms with Gasteiger partial charge in [0, 0.05) is 18.0 Å². The maximum Gasteiger partial charge on any atom is 0.111 e. The fourth-order valence-electron chi connectivity index (χ4n) is 3.21. The van der Waals surface area contributed by atoms with Crippen molar-refractivity contribution in [3.63, 3.8) is 0 Å². The van der Waals surface area contributed by atoms with E-state index >= 15 is 0 Å². The predicted octanol–water partition coefficient (Wildman–Crippen LogP) is 2.97. The van der Waals surface area contributed by atoms with Crippen LogP contribution in [-0.4, -0.2) is 44.3 Å². The monoisotopic (exact) mass is 346 g/mol. The number of rotatable bonds is 6. The summed E-state index contributed by atoms with van der Waals surface area (Å²) in [6.45, 7) is 5.92. The van der Waals surface area contributed by atoms with Crippen molar-refractivity contribution in [2.24, 2.45) is 5.92 Å². The number of aromatic nitrogens is 3. The van der Waals surface area contributed by atoms with Crippen molar-refractivity contribution >= 4 is 11.8 Å². The van der Waals surface area contributed by atoms with Gasteiger partial charge >= 0.3 is 0 Å². The molecule has 0 saturated carbocycles. The molecule has 1 aliphatic rings. The molecule has 2 aromatic rings. The third-order valence-corrected chi connectivity index (χ3v) is 5.40. The van der Waals surface area contributed by atoms with E-state index in [1.54, 1.807) is 18.7 Å². The van der Waals surface area contributed by atoms with Gasteiger partial charge in [0.2, 0.25) is 0 Å². The number of thioether (sulfide) groups is 1. The molecule has 0 spiro atoms. The Morgan fingerprint density at radius 2 is 2.12 bits per heavy atom. The lowest BCUT2D eigenvalue weighted by Gasteiger charge is -2.31. The lowest BCUT2D eigenvalue weighted by molar-refractivity contribution is 0.164. The molecule has 0 bridgehead atoms. The number of nitrogens with zero attached hydrogens (tertiary/aromatic N) is 4. The van der Waals surface area contributed by atoms with Crippen LogP contribution in [0.1, 0.15) is 37.1 Å². The van der Waals surface area contributed by atoms with Gasteiger partial charge in [-0.1, -0.05) is 17.3 Å². The Labute approximate surface area is 148 Å². The normalized spacial score (nSPS) is 18.0. The fraction of sp³-hybridized carbons (Fsp3) is 0.556. The van der Waals surface area contributed by atoms with E-state index in [4.69, 9.17) is 0 Å². The maximum atomic E-state index is 9.53. The molecular formula is C18H26N4OS. The summed E-state index contributed by atoms with van der Waals surface area (Å²) >= 11 is 1.80. The molecule has 1 fully saturated rings. The van der Waals surface area contributed by atoms with Crippen LogP contribution in [0.25, 0.3) is 0 Å². The van der Waals surface area contributed by atoms with Crippen LogP contribution in [0.3, 0.4) is 0 Å². The van der Waals surface area contributed by atoms with Gasteiger partial charge in [-0.25, -0.2) is 0 Å². The van der Waals surface area contributed by atoms with Crippen LogP contribution in [0, 0.1) is 5.92 Å². The molecular weight excluding hydrogens is 320 g/mol. The van der Waals surface area contributed by atoms with Crippen LogP contribution in [0.15, 0.2) is 35.4 Å². The van der Waals surface area contributed by atoms with Gasteiger partial charge in [-0.2, -0.15) is 0 Å². The Morgan fingerprint density at radius 1 is 1.33 bits per heavy atom. The van der Waals surface area contributed by atoms with Gasteiger partial charge in [-0.15, -0.1) is 16.9 Å². The van der Waals surface area contributed by atoms with Crippen LogP contribution in [-0.2, 0) is 13.1 Å². The van der Waals surface area contributed by atoms with E-state index in [2.05, 4.69) is 45.7 Å². The third kappa shape index (κ3) is 4.59. The number of piperidine rings is 1. The molecule has 1 aromatic carbocycles. The quantitative estimate of drug-likeness (QED) is 0.815. The van der Waals surface area contributed by atoms with Crippen LogP contribution < -0.4 is 0 Å². The van der Waals surface area contributed by atoms with Crippen molar-refractivity contribution in [1.29, 1.82) is 0 Å². The van der Waals surface area contributed by atoms with Crippen molar-refractivity contribution in [2.45, 2.75) is 43.9 Å². The molecule has 0 aliphatic carbocycles. The Bertz CT molecular complexity index is 650. The SMILES string of the molecule is CSc1cccc(CN2CCC(Cn3cc(C(C)O)nn3)CC2)c1. The minimum absolute atomic E-state index is 0.544. The molecule has 5 nitrogen and oxygen atoms in total. The topological polar surface area (TPSA) is 54.2 Å². The molecule has 1 aromatic heterocycles. The largest absolute Gasteiger partial charge is 0.387 e. The van der Waals surface area contributed by atoms with Gasteiger partial charge in [0.25, 0.3) is 0 Å². The molecule has 3 rings (SSSR count). The summed E-state index contributed by atoms with van der Waals surface area (Å²) in [6, 6.07) is 8.83. The summed E-state index contributed by atoms with van der Waals surface area (Å²) in [5, 5.41) is 17.7. The first-order valence-corrected chi connectivity index (χ1v) is 9.80. The minimum atomic E-state index is -0.544. The summed E-state index contributed by atoms with van der Waals surface area (Å²) in [6.07, 6.45) is 5.82. The van der Waals surface area contributed by atoms with Crippen molar-refractivity contribution in [2.75, 3.05) is 19.3 Å². The average molecular weight is 347 g/mol. The standard InChI is InChI=1S/C18H26N4OS/c1-14(23)18-13-22(20-19-18)12-15-6-8-21(9-7-15)11-16-4-3-5-17(10-16)24-2/h3-5,10,13-15,23H,6-9,11-12H2,1-2H3. The van der Waals surface area contributed by atoms with Crippen molar-refractivity contribution < 1.29 is 5.11 Å². The Balaban J connectivity index is 1.48. The van der Waals surface area contributed by atoms with Gasteiger partial charge in [-0.05, 0) is 62.7 Å². The first-order chi connectivity index (χ1) is 11.6. The number of hydrogen-bond acceptors (Lipinski definition) is 5. The smallest absolute Gasteiger partial charge is 0.111 e. The molecule has 130 valence electrons. The second-order valence-electron chi connectivity index (χ2n) is 6.61. The zero-order valence-corrected chi connectivity index (χ0v) is 15.2. The van der Waals surface area contributed by atoms with Gasteiger partial charge in [-0.3, -0.25) is 9.58 Å². The highest BCUT2D eigenvalue weighted by Gasteiger charge is 2.20. The van der Waals surface area contributed by atoms with E-state index in [9.17, 15) is 5.11 Å². The Hall–Kier alpha value is -1.37. The summed E-state index contributed by atoms with van der Waals surface area (Å²) in [7, 11) is 0. The highest BCUT2D eigenvalue weighted by atomic mass is 32.2. The number of hydrogen-bond donors (Lipinski definition) is 1. The molecule has 1 atom stereocenters. The number of aliphatic hydroxyl groups excluding tert-OH is 1. The van der Waals surface area contributed by atoms with E-state index in [1.807, 2.05) is 10.9 Å². The summed E-state index contributed by atoms with van der Waals surface area (Å²) in [5.41, 5.74) is 2.05. The first kappa shape index (κ1) is 17.5. The second-order valence-corrected chi connectivity index (χ2v) is 7.49. The van der Waals surface area contributed by atoms with Gasteiger partial charge < -0.3 is 5.11 Å². The van der Waals surface area contributed by atoms with E-state index in [1.165, 1.54) is 23.3 Å². The molecule has 1 saturated heterocycles. The van der Waals surface area contributed by atoms with Crippen LogP contribution in [0.4, 0.5) is 0 Å². The lowest BCUT2D eigenvalue weighted by atomic mass is 9.96. The zero-order chi connectivity index (χ0) is 16.9. The molecule has 24 heavy (non-hydrogen) atoms. The summed E-state index contributed by atoms with van der Waals surface area (Å²) in [4.78, 5) is 3.88.